The molecule has 0 spiro atoms. The molecule has 110 valence electrons. The number of nitrogens with zero attached hydrogens (tertiary/aromatic N) is 1. The van der Waals surface area contributed by atoms with E-state index in [0.717, 1.165) is 32.6 Å². The second kappa shape index (κ2) is 6.88. The molecule has 2 nitrogen and oxygen atoms in total. The predicted octanol–water partition coefficient (Wildman–Crippen LogP) is 3.40. The summed E-state index contributed by atoms with van der Waals surface area (Å²) < 4.78 is 0. The van der Waals surface area contributed by atoms with Crippen molar-refractivity contribution in [3.63, 3.8) is 0 Å². The average Bonchev–Trinajstić information content (AvgIpc) is 2.56. The van der Waals surface area contributed by atoms with Crippen LogP contribution < -0.4 is 5.32 Å². The van der Waals surface area contributed by atoms with Crippen molar-refractivity contribution >= 4 is 0 Å². The van der Waals surface area contributed by atoms with Crippen molar-refractivity contribution < 1.29 is 0 Å². The van der Waals surface area contributed by atoms with Crippen molar-refractivity contribution in [1.82, 2.24) is 10.2 Å². The molecular weight excluding hydrogens is 256 g/mol. The minimum absolute atomic E-state index is 0.458. The van der Waals surface area contributed by atoms with E-state index in [2.05, 4.69) is 71.7 Å². The van der Waals surface area contributed by atoms with Gasteiger partial charge in [0.2, 0.25) is 0 Å². The molecule has 1 heterocycles. The molecule has 0 saturated heterocycles. The maximum atomic E-state index is 3.53. The van der Waals surface area contributed by atoms with Crippen molar-refractivity contribution in [3.8, 4) is 0 Å². The van der Waals surface area contributed by atoms with Crippen LogP contribution in [0.25, 0.3) is 0 Å². The van der Waals surface area contributed by atoms with Crippen LogP contribution in [0.4, 0.5) is 0 Å². The van der Waals surface area contributed by atoms with Gasteiger partial charge in [0.05, 0.1) is 0 Å². The molecule has 0 radical (unpaired) electrons. The van der Waals surface area contributed by atoms with E-state index in [1.54, 1.807) is 0 Å². The van der Waals surface area contributed by atoms with Gasteiger partial charge in [-0.05, 0) is 29.7 Å². The molecule has 0 saturated carbocycles. The second-order valence-electron chi connectivity index (χ2n) is 5.72. The number of hydrogen-bond donors (Lipinski definition) is 1. The van der Waals surface area contributed by atoms with Gasteiger partial charge < -0.3 is 5.32 Å². The highest BCUT2D eigenvalue weighted by molar-refractivity contribution is 5.30. The van der Waals surface area contributed by atoms with Gasteiger partial charge in [0.15, 0.2) is 0 Å². The van der Waals surface area contributed by atoms with Gasteiger partial charge in [-0.25, -0.2) is 0 Å². The first-order valence-electron chi connectivity index (χ1n) is 7.95. The summed E-state index contributed by atoms with van der Waals surface area (Å²) in [5.41, 5.74) is 4.42. The maximum absolute atomic E-state index is 3.53. The third-order valence-electron chi connectivity index (χ3n) is 4.37. The third kappa shape index (κ3) is 3.34. The fourth-order valence-corrected chi connectivity index (χ4v) is 3.20. The summed E-state index contributed by atoms with van der Waals surface area (Å²) in [6.07, 6.45) is 1.16. The molecule has 1 aliphatic rings. The van der Waals surface area contributed by atoms with Crippen molar-refractivity contribution in [2.45, 2.75) is 25.9 Å². The highest BCUT2D eigenvalue weighted by Gasteiger charge is 2.24. The summed E-state index contributed by atoms with van der Waals surface area (Å²) in [6.45, 7) is 6.41. The van der Waals surface area contributed by atoms with Gasteiger partial charge in [-0.2, -0.15) is 0 Å². The molecule has 2 aromatic rings. The molecule has 1 atom stereocenters. The van der Waals surface area contributed by atoms with Gasteiger partial charge in [-0.1, -0.05) is 61.5 Å². The fourth-order valence-electron chi connectivity index (χ4n) is 3.20. The molecule has 1 unspecified atom stereocenters. The van der Waals surface area contributed by atoms with E-state index in [9.17, 15) is 0 Å². The van der Waals surface area contributed by atoms with Gasteiger partial charge in [-0.3, -0.25) is 4.90 Å². The highest BCUT2D eigenvalue weighted by Crippen LogP contribution is 2.27. The number of hydrogen-bond acceptors (Lipinski definition) is 2. The minimum Gasteiger partial charge on any atom is -0.315 e. The van der Waals surface area contributed by atoms with E-state index in [-0.39, 0.29) is 0 Å². The number of benzene rings is 2. The first-order valence-corrected chi connectivity index (χ1v) is 7.95. The lowest BCUT2D eigenvalue weighted by Gasteiger charge is -2.36. The van der Waals surface area contributed by atoms with Crippen LogP contribution in [-0.4, -0.2) is 24.5 Å². The van der Waals surface area contributed by atoms with Crippen LogP contribution in [-0.2, 0) is 13.0 Å². The molecular formula is C19H24N2. The Labute approximate surface area is 127 Å². The Morgan fingerprint density at radius 2 is 1.71 bits per heavy atom. The standard InChI is InChI=1S/C19H24N2/c1-2-20-14-19(17-9-4-3-5-10-17)21-13-12-16-8-6-7-11-18(16)15-21/h3-11,19-20H,2,12-15H2,1H3. The minimum atomic E-state index is 0.458. The van der Waals surface area contributed by atoms with Crippen LogP contribution in [0.3, 0.4) is 0 Å². The lowest BCUT2D eigenvalue weighted by Crippen LogP contribution is -2.39. The summed E-state index contributed by atoms with van der Waals surface area (Å²) in [7, 11) is 0. The molecule has 1 N–H and O–H groups in total. The van der Waals surface area contributed by atoms with Crippen LogP contribution >= 0.6 is 0 Å². The Morgan fingerprint density at radius 3 is 2.48 bits per heavy atom. The van der Waals surface area contributed by atoms with E-state index in [4.69, 9.17) is 0 Å². The zero-order valence-corrected chi connectivity index (χ0v) is 12.8. The smallest absolute Gasteiger partial charge is 0.0476 e. The Morgan fingerprint density at radius 1 is 1.00 bits per heavy atom. The van der Waals surface area contributed by atoms with Gasteiger partial charge in [-0.15, -0.1) is 0 Å². The quantitative estimate of drug-likeness (QED) is 0.903. The molecule has 0 amide bonds. The van der Waals surface area contributed by atoms with Crippen molar-refractivity contribution in [1.29, 1.82) is 0 Å². The summed E-state index contributed by atoms with van der Waals surface area (Å²) >= 11 is 0. The average molecular weight is 280 g/mol. The van der Waals surface area contributed by atoms with Crippen LogP contribution in [0.2, 0.25) is 0 Å². The summed E-state index contributed by atoms with van der Waals surface area (Å²) in [5.74, 6) is 0. The van der Waals surface area contributed by atoms with E-state index >= 15 is 0 Å². The van der Waals surface area contributed by atoms with Crippen LogP contribution in [0.5, 0.6) is 0 Å². The zero-order chi connectivity index (χ0) is 14.5. The van der Waals surface area contributed by atoms with Crippen LogP contribution in [0.1, 0.15) is 29.7 Å². The zero-order valence-electron chi connectivity index (χ0n) is 12.8. The maximum Gasteiger partial charge on any atom is 0.0476 e. The van der Waals surface area contributed by atoms with Gasteiger partial charge >= 0.3 is 0 Å². The Bertz CT molecular complexity index is 565. The molecule has 1 aliphatic heterocycles. The number of fused-ring (bicyclic) bond motifs is 1. The van der Waals surface area contributed by atoms with Gasteiger partial charge in [0, 0.05) is 25.7 Å². The Kier molecular flexibility index (Phi) is 4.69. The van der Waals surface area contributed by atoms with E-state index in [1.165, 1.54) is 16.7 Å². The SMILES string of the molecule is CCNCC(c1ccccc1)N1CCc2ccccc2C1. The first kappa shape index (κ1) is 14.3. The highest BCUT2D eigenvalue weighted by atomic mass is 15.2. The molecule has 0 aromatic heterocycles. The third-order valence-corrected chi connectivity index (χ3v) is 4.37. The van der Waals surface area contributed by atoms with Crippen LogP contribution in [0, 0.1) is 0 Å². The largest absolute Gasteiger partial charge is 0.315 e. The van der Waals surface area contributed by atoms with Crippen LogP contribution in [0.15, 0.2) is 54.6 Å². The Balaban J connectivity index is 1.81. The first-order chi connectivity index (χ1) is 10.4. The lowest BCUT2D eigenvalue weighted by atomic mass is 9.96. The summed E-state index contributed by atoms with van der Waals surface area (Å²) in [5, 5.41) is 3.53. The van der Waals surface area contributed by atoms with Crippen molar-refractivity contribution in [3.05, 3.63) is 71.3 Å². The fraction of sp³-hybridized carbons (Fsp3) is 0.368. The number of likely N-dealkylation sites (N-methyl/N-ethyl adjacent to an activating group) is 1. The molecule has 2 aromatic carbocycles. The monoisotopic (exact) mass is 280 g/mol. The summed E-state index contributed by atoms with van der Waals surface area (Å²) in [4.78, 5) is 2.61. The molecule has 21 heavy (non-hydrogen) atoms. The molecule has 3 rings (SSSR count). The lowest BCUT2D eigenvalue weighted by molar-refractivity contribution is 0.176. The van der Waals surface area contributed by atoms with Crippen molar-refractivity contribution in [2.75, 3.05) is 19.6 Å². The summed E-state index contributed by atoms with van der Waals surface area (Å²) in [6, 6.07) is 20.2. The molecule has 0 aliphatic carbocycles. The molecule has 0 bridgehead atoms. The van der Waals surface area contributed by atoms with Gasteiger partial charge in [0.25, 0.3) is 0 Å². The number of rotatable bonds is 5. The van der Waals surface area contributed by atoms with E-state index < -0.39 is 0 Å². The van der Waals surface area contributed by atoms with Crippen molar-refractivity contribution in [2.24, 2.45) is 0 Å². The van der Waals surface area contributed by atoms with E-state index in [0.29, 0.717) is 6.04 Å². The Hall–Kier alpha value is -1.64. The topological polar surface area (TPSA) is 15.3 Å². The predicted molar refractivity (Wildman–Crippen MR) is 88.3 cm³/mol. The normalized spacial score (nSPS) is 16.4. The number of nitrogens with one attached hydrogen (secondary N) is 1. The van der Waals surface area contributed by atoms with Gasteiger partial charge in [0.1, 0.15) is 0 Å². The van der Waals surface area contributed by atoms with E-state index in [1.807, 2.05) is 0 Å². The molecule has 0 fully saturated rings. The second-order valence-corrected chi connectivity index (χ2v) is 5.72. The molecule has 2 heteroatoms.